The van der Waals surface area contributed by atoms with Crippen molar-refractivity contribution in [3.63, 3.8) is 0 Å². The van der Waals surface area contributed by atoms with Crippen molar-refractivity contribution in [3.05, 3.63) is 18.2 Å². The summed E-state index contributed by atoms with van der Waals surface area (Å²) in [5.74, 6) is 1.40. The molecule has 3 N–H and O–H groups in total. The second kappa shape index (κ2) is 11.6. The van der Waals surface area contributed by atoms with Gasteiger partial charge < -0.3 is 25.4 Å². The van der Waals surface area contributed by atoms with E-state index in [9.17, 15) is 9.59 Å². The normalized spacial score (nSPS) is 14.1. The number of nitrogens with one attached hydrogen (secondary N) is 3. The van der Waals surface area contributed by atoms with Gasteiger partial charge in [-0.3, -0.25) is 9.59 Å². The monoisotopic (exact) mass is 385 g/mol. The Balaban J connectivity index is 0.00000338. The number of piperidine rings is 1. The molecule has 0 atom stereocenters. The van der Waals surface area contributed by atoms with Gasteiger partial charge in [0.1, 0.15) is 11.5 Å². The summed E-state index contributed by atoms with van der Waals surface area (Å²) >= 11 is 0. The van der Waals surface area contributed by atoms with Crippen molar-refractivity contribution in [1.82, 2.24) is 10.6 Å². The van der Waals surface area contributed by atoms with Crippen LogP contribution in [0.5, 0.6) is 11.5 Å². The van der Waals surface area contributed by atoms with Crippen LogP contribution in [0.3, 0.4) is 0 Å². The molecular weight excluding hydrogens is 358 g/mol. The van der Waals surface area contributed by atoms with E-state index in [1.54, 1.807) is 32.4 Å². The van der Waals surface area contributed by atoms with E-state index in [1.165, 1.54) is 0 Å². The first-order chi connectivity index (χ1) is 12.1. The Morgan fingerprint density at radius 2 is 1.69 bits per heavy atom. The van der Waals surface area contributed by atoms with Crippen molar-refractivity contribution in [1.29, 1.82) is 0 Å². The number of amides is 2. The molecule has 1 saturated heterocycles. The first-order valence-corrected chi connectivity index (χ1v) is 8.61. The first kappa shape index (κ1) is 22.1. The minimum absolute atomic E-state index is 0. The zero-order valence-corrected chi connectivity index (χ0v) is 16.1. The highest BCUT2D eigenvalue weighted by Gasteiger charge is 2.15. The van der Waals surface area contributed by atoms with Crippen molar-refractivity contribution in [3.8, 4) is 11.5 Å². The molecule has 146 valence electrons. The Bertz CT molecular complexity index is 570. The number of benzene rings is 1. The molecule has 0 saturated carbocycles. The van der Waals surface area contributed by atoms with Gasteiger partial charge in [-0.05, 0) is 38.3 Å². The zero-order valence-electron chi connectivity index (χ0n) is 15.3. The third-order valence-electron chi connectivity index (χ3n) is 4.32. The Kier molecular flexibility index (Phi) is 9.83. The molecule has 2 amide bonds. The number of anilines is 1. The quantitative estimate of drug-likeness (QED) is 0.636. The van der Waals surface area contributed by atoms with E-state index in [1.807, 2.05) is 0 Å². The second-order valence-corrected chi connectivity index (χ2v) is 6.16. The molecule has 0 aromatic heterocycles. The van der Waals surface area contributed by atoms with E-state index in [-0.39, 0.29) is 30.8 Å². The number of carbonyl (C=O) groups excluding carboxylic acids is 2. The highest BCUT2D eigenvalue weighted by Crippen LogP contribution is 2.25. The number of carbonyl (C=O) groups is 2. The summed E-state index contributed by atoms with van der Waals surface area (Å²) in [6.07, 6.45) is 3.57. The van der Waals surface area contributed by atoms with Crippen LogP contribution in [0.4, 0.5) is 5.69 Å². The summed E-state index contributed by atoms with van der Waals surface area (Å²) in [6.45, 7) is 2.00. The largest absolute Gasteiger partial charge is 0.497 e. The smallest absolute Gasteiger partial charge is 0.243 e. The Labute approximate surface area is 160 Å². The van der Waals surface area contributed by atoms with E-state index in [4.69, 9.17) is 9.47 Å². The summed E-state index contributed by atoms with van der Waals surface area (Å²) in [7, 11) is 3.09. The van der Waals surface area contributed by atoms with Crippen LogP contribution in [0, 0.1) is 5.92 Å². The van der Waals surface area contributed by atoms with Crippen molar-refractivity contribution in [2.45, 2.75) is 25.7 Å². The maximum Gasteiger partial charge on any atom is 0.243 e. The average Bonchev–Trinajstić information content (AvgIpc) is 2.65. The lowest BCUT2D eigenvalue weighted by atomic mass is 9.93. The number of hydrogen-bond donors (Lipinski definition) is 3. The molecule has 0 aliphatic carbocycles. The Morgan fingerprint density at radius 1 is 1.08 bits per heavy atom. The van der Waals surface area contributed by atoms with E-state index >= 15 is 0 Å². The lowest BCUT2D eigenvalue weighted by Crippen LogP contribution is -2.33. The molecule has 0 bridgehead atoms. The van der Waals surface area contributed by atoms with E-state index in [0.717, 1.165) is 32.4 Å². The van der Waals surface area contributed by atoms with Gasteiger partial charge in [-0.15, -0.1) is 12.4 Å². The highest BCUT2D eigenvalue weighted by molar-refractivity contribution is 5.94. The fourth-order valence-electron chi connectivity index (χ4n) is 2.86. The molecule has 8 heteroatoms. The van der Waals surface area contributed by atoms with E-state index in [0.29, 0.717) is 29.5 Å². The summed E-state index contributed by atoms with van der Waals surface area (Å²) in [6, 6.07) is 5.11. The van der Waals surface area contributed by atoms with Crippen LogP contribution in [-0.4, -0.2) is 45.7 Å². The standard InChI is InChI=1S/C18H27N3O4.ClH/c1-24-15-9-14(10-16(11-15)25-2)21-18(23)12-20-17(22)4-3-13-5-7-19-8-6-13;/h9-11,13,19H,3-8,12H2,1-2H3,(H,20,22)(H,21,23);1H. The Morgan fingerprint density at radius 3 is 2.27 bits per heavy atom. The molecule has 1 heterocycles. The van der Waals surface area contributed by atoms with Gasteiger partial charge in [0.25, 0.3) is 0 Å². The molecule has 1 aliphatic rings. The minimum Gasteiger partial charge on any atom is -0.497 e. The summed E-state index contributed by atoms with van der Waals surface area (Å²) in [5.41, 5.74) is 0.560. The zero-order chi connectivity index (χ0) is 18.1. The molecular formula is C18H28ClN3O4. The number of methoxy groups -OCH3 is 2. The molecule has 0 unspecified atom stereocenters. The molecule has 1 fully saturated rings. The average molecular weight is 386 g/mol. The SMILES string of the molecule is COc1cc(NC(=O)CNC(=O)CCC2CCNCC2)cc(OC)c1.Cl. The van der Waals surface area contributed by atoms with Crippen LogP contribution in [0.2, 0.25) is 0 Å². The lowest BCUT2D eigenvalue weighted by molar-refractivity contribution is -0.124. The molecule has 0 spiro atoms. The van der Waals surface area contributed by atoms with Crippen LogP contribution >= 0.6 is 12.4 Å². The van der Waals surface area contributed by atoms with Crippen LogP contribution in [0.25, 0.3) is 0 Å². The van der Waals surface area contributed by atoms with Crippen LogP contribution in [-0.2, 0) is 9.59 Å². The van der Waals surface area contributed by atoms with Crippen molar-refractivity contribution in [2.24, 2.45) is 5.92 Å². The van der Waals surface area contributed by atoms with Gasteiger partial charge in [-0.1, -0.05) is 0 Å². The molecule has 7 nitrogen and oxygen atoms in total. The topological polar surface area (TPSA) is 88.7 Å². The molecule has 26 heavy (non-hydrogen) atoms. The molecule has 1 aromatic rings. The Hall–Kier alpha value is -1.99. The van der Waals surface area contributed by atoms with Gasteiger partial charge in [-0.25, -0.2) is 0 Å². The van der Waals surface area contributed by atoms with Gasteiger partial charge in [0.15, 0.2) is 0 Å². The summed E-state index contributed by atoms with van der Waals surface area (Å²) in [4.78, 5) is 23.9. The fourth-order valence-corrected chi connectivity index (χ4v) is 2.86. The molecule has 2 rings (SSSR count). The van der Waals surface area contributed by atoms with Crippen LogP contribution in [0.15, 0.2) is 18.2 Å². The van der Waals surface area contributed by atoms with Crippen molar-refractivity contribution < 1.29 is 19.1 Å². The molecule has 0 radical (unpaired) electrons. The van der Waals surface area contributed by atoms with Crippen molar-refractivity contribution in [2.75, 3.05) is 39.2 Å². The van der Waals surface area contributed by atoms with E-state index < -0.39 is 0 Å². The lowest BCUT2D eigenvalue weighted by Gasteiger charge is -2.22. The number of ether oxygens (including phenoxy) is 2. The third kappa shape index (κ3) is 7.49. The summed E-state index contributed by atoms with van der Waals surface area (Å²) < 4.78 is 10.3. The van der Waals surface area contributed by atoms with Gasteiger partial charge in [-0.2, -0.15) is 0 Å². The van der Waals surface area contributed by atoms with Crippen LogP contribution in [0.1, 0.15) is 25.7 Å². The van der Waals surface area contributed by atoms with Crippen LogP contribution < -0.4 is 25.4 Å². The maximum atomic E-state index is 12.0. The second-order valence-electron chi connectivity index (χ2n) is 6.16. The molecule has 1 aromatic carbocycles. The first-order valence-electron chi connectivity index (χ1n) is 8.61. The van der Waals surface area contributed by atoms with Gasteiger partial charge in [0.2, 0.25) is 11.8 Å². The predicted octanol–water partition coefficient (Wildman–Crippen LogP) is 1.96. The molecule has 1 aliphatic heterocycles. The minimum atomic E-state index is -0.287. The number of hydrogen-bond acceptors (Lipinski definition) is 5. The number of halogens is 1. The highest BCUT2D eigenvalue weighted by atomic mass is 35.5. The summed E-state index contributed by atoms with van der Waals surface area (Å²) in [5, 5.41) is 8.71. The van der Waals surface area contributed by atoms with Gasteiger partial charge in [0, 0.05) is 30.3 Å². The van der Waals surface area contributed by atoms with Gasteiger partial charge >= 0.3 is 0 Å². The maximum absolute atomic E-state index is 12.0. The number of rotatable bonds is 8. The van der Waals surface area contributed by atoms with Crippen molar-refractivity contribution >= 4 is 29.9 Å². The van der Waals surface area contributed by atoms with Gasteiger partial charge in [0.05, 0.1) is 20.8 Å². The third-order valence-corrected chi connectivity index (χ3v) is 4.32. The fraction of sp³-hybridized carbons (Fsp3) is 0.556. The van der Waals surface area contributed by atoms with E-state index in [2.05, 4.69) is 16.0 Å². The predicted molar refractivity (Wildman–Crippen MR) is 103 cm³/mol.